The highest BCUT2D eigenvalue weighted by atomic mass is 16.5. The van der Waals surface area contributed by atoms with Crippen LogP contribution in [0.4, 0.5) is 0 Å². The van der Waals surface area contributed by atoms with Gasteiger partial charge in [0.1, 0.15) is 0 Å². The smallest absolute Gasteiger partial charge is 0.0619 e. The third kappa shape index (κ3) is 5.50. The molecule has 0 aromatic heterocycles. The highest BCUT2D eigenvalue weighted by Crippen LogP contribution is 2.09. The molecule has 0 bridgehead atoms. The van der Waals surface area contributed by atoms with Gasteiger partial charge in [-0.15, -0.1) is 0 Å². The number of hydrogen-bond acceptors (Lipinski definition) is 3. The molecule has 1 saturated heterocycles. The van der Waals surface area contributed by atoms with Gasteiger partial charge in [0, 0.05) is 12.6 Å². The number of rotatable bonds is 7. The summed E-state index contributed by atoms with van der Waals surface area (Å²) in [6, 6.07) is 0.614. The van der Waals surface area contributed by atoms with Gasteiger partial charge in [-0.05, 0) is 32.9 Å². The van der Waals surface area contributed by atoms with E-state index in [1.54, 1.807) is 0 Å². The van der Waals surface area contributed by atoms with Crippen LogP contribution in [0.1, 0.15) is 39.0 Å². The molecule has 1 unspecified atom stereocenters. The van der Waals surface area contributed by atoms with Gasteiger partial charge in [0.15, 0.2) is 0 Å². The molecule has 0 aliphatic carbocycles. The fourth-order valence-electron chi connectivity index (χ4n) is 2.08. The average Bonchev–Trinajstić information content (AvgIpc) is 2.25. The van der Waals surface area contributed by atoms with Gasteiger partial charge in [0.25, 0.3) is 0 Å². The Morgan fingerprint density at radius 3 is 2.67 bits per heavy atom. The summed E-state index contributed by atoms with van der Waals surface area (Å²) in [4.78, 5) is 2.55. The lowest BCUT2D eigenvalue weighted by atomic mass is 10.1. The molecule has 2 N–H and O–H groups in total. The second-order valence-corrected chi connectivity index (χ2v) is 4.52. The van der Waals surface area contributed by atoms with Gasteiger partial charge in [-0.3, -0.25) is 4.90 Å². The summed E-state index contributed by atoms with van der Waals surface area (Å²) in [5, 5.41) is 0. The molecular formula is C12H26N2O. The van der Waals surface area contributed by atoms with Crippen LogP contribution in [-0.2, 0) is 4.74 Å². The monoisotopic (exact) mass is 214 g/mol. The summed E-state index contributed by atoms with van der Waals surface area (Å²) < 4.78 is 5.42. The van der Waals surface area contributed by atoms with Crippen LogP contribution < -0.4 is 5.73 Å². The van der Waals surface area contributed by atoms with Crippen LogP contribution in [-0.4, -0.2) is 43.8 Å². The van der Waals surface area contributed by atoms with Crippen LogP contribution in [0.15, 0.2) is 0 Å². The van der Waals surface area contributed by atoms with E-state index in [0.717, 1.165) is 26.3 Å². The molecular weight excluding hydrogens is 188 g/mol. The highest BCUT2D eigenvalue weighted by molar-refractivity contribution is 4.70. The Balaban J connectivity index is 1.94. The summed E-state index contributed by atoms with van der Waals surface area (Å²) in [6.45, 7) is 7.29. The van der Waals surface area contributed by atoms with Gasteiger partial charge in [-0.25, -0.2) is 0 Å². The molecule has 0 aromatic rings. The van der Waals surface area contributed by atoms with E-state index in [0.29, 0.717) is 6.04 Å². The highest BCUT2D eigenvalue weighted by Gasteiger charge is 2.17. The zero-order chi connectivity index (χ0) is 10.9. The normalized spacial score (nSPS) is 23.2. The Labute approximate surface area is 94.0 Å². The van der Waals surface area contributed by atoms with E-state index in [9.17, 15) is 0 Å². The largest absolute Gasteiger partial charge is 0.379 e. The Morgan fingerprint density at radius 1 is 1.20 bits per heavy atom. The molecule has 90 valence electrons. The molecule has 0 radical (unpaired) electrons. The third-order valence-corrected chi connectivity index (χ3v) is 3.15. The standard InChI is InChI=1S/C12H26N2O/c1-12-11-15-10-9-14(12)8-6-4-2-3-5-7-13/h12H,2-11,13H2,1H3. The first-order chi connectivity index (χ1) is 7.34. The lowest BCUT2D eigenvalue weighted by molar-refractivity contribution is -0.000917. The van der Waals surface area contributed by atoms with Crippen molar-refractivity contribution in [3.63, 3.8) is 0 Å². The topological polar surface area (TPSA) is 38.5 Å². The average molecular weight is 214 g/mol. The van der Waals surface area contributed by atoms with Crippen LogP contribution >= 0.6 is 0 Å². The molecule has 0 amide bonds. The molecule has 1 rings (SSSR count). The maximum atomic E-state index is 5.46. The maximum absolute atomic E-state index is 5.46. The molecule has 1 aliphatic heterocycles. The molecule has 1 atom stereocenters. The van der Waals surface area contributed by atoms with Crippen molar-refractivity contribution in [1.82, 2.24) is 4.90 Å². The van der Waals surface area contributed by atoms with E-state index in [1.165, 1.54) is 38.6 Å². The van der Waals surface area contributed by atoms with Crippen LogP contribution in [0, 0.1) is 0 Å². The summed E-state index contributed by atoms with van der Waals surface area (Å²) in [5.74, 6) is 0. The van der Waals surface area contributed by atoms with Crippen molar-refractivity contribution < 1.29 is 4.74 Å². The number of ether oxygens (including phenoxy) is 1. The van der Waals surface area contributed by atoms with Gasteiger partial charge >= 0.3 is 0 Å². The van der Waals surface area contributed by atoms with E-state index in [-0.39, 0.29) is 0 Å². The Bertz CT molecular complexity index is 153. The number of nitrogens with two attached hydrogens (primary N) is 1. The van der Waals surface area contributed by atoms with Gasteiger partial charge in [0.2, 0.25) is 0 Å². The number of morpholine rings is 1. The zero-order valence-electron chi connectivity index (χ0n) is 10.1. The fourth-order valence-corrected chi connectivity index (χ4v) is 2.08. The molecule has 0 spiro atoms. The van der Waals surface area contributed by atoms with Crippen LogP contribution in [0.5, 0.6) is 0 Å². The second-order valence-electron chi connectivity index (χ2n) is 4.52. The minimum absolute atomic E-state index is 0.614. The maximum Gasteiger partial charge on any atom is 0.0619 e. The van der Waals surface area contributed by atoms with Gasteiger partial charge in [0.05, 0.1) is 13.2 Å². The van der Waals surface area contributed by atoms with E-state index >= 15 is 0 Å². The van der Waals surface area contributed by atoms with Gasteiger partial charge in [-0.2, -0.15) is 0 Å². The van der Waals surface area contributed by atoms with Crippen molar-refractivity contribution in [2.75, 3.05) is 32.8 Å². The summed E-state index contributed by atoms with van der Waals surface area (Å²) in [6.07, 6.45) is 6.51. The Kier molecular flexibility index (Phi) is 6.98. The molecule has 1 aliphatic rings. The van der Waals surface area contributed by atoms with E-state index in [1.807, 2.05) is 0 Å². The summed E-state index contributed by atoms with van der Waals surface area (Å²) >= 11 is 0. The first kappa shape index (κ1) is 12.9. The zero-order valence-corrected chi connectivity index (χ0v) is 10.1. The first-order valence-corrected chi connectivity index (χ1v) is 6.36. The predicted molar refractivity (Wildman–Crippen MR) is 64.0 cm³/mol. The van der Waals surface area contributed by atoms with Crippen LogP contribution in [0.3, 0.4) is 0 Å². The SMILES string of the molecule is CC1COCCN1CCCCCCCN. The van der Waals surface area contributed by atoms with Crippen molar-refractivity contribution in [3.05, 3.63) is 0 Å². The molecule has 15 heavy (non-hydrogen) atoms. The Hall–Kier alpha value is -0.120. The predicted octanol–water partition coefficient (Wildman–Crippen LogP) is 1.62. The van der Waals surface area contributed by atoms with Crippen molar-refractivity contribution in [1.29, 1.82) is 0 Å². The van der Waals surface area contributed by atoms with Crippen LogP contribution in [0.2, 0.25) is 0 Å². The van der Waals surface area contributed by atoms with E-state index in [4.69, 9.17) is 10.5 Å². The number of nitrogens with zero attached hydrogens (tertiary/aromatic N) is 1. The summed E-state index contributed by atoms with van der Waals surface area (Å²) in [7, 11) is 0. The summed E-state index contributed by atoms with van der Waals surface area (Å²) in [5.41, 5.74) is 5.46. The van der Waals surface area contributed by atoms with Crippen molar-refractivity contribution in [3.8, 4) is 0 Å². The molecule has 0 aromatic carbocycles. The third-order valence-electron chi connectivity index (χ3n) is 3.15. The molecule has 3 heteroatoms. The first-order valence-electron chi connectivity index (χ1n) is 6.36. The molecule has 1 heterocycles. The van der Waals surface area contributed by atoms with Crippen molar-refractivity contribution >= 4 is 0 Å². The van der Waals surface area contributed by atoms with Gasteiger partial charge < -0.3 is 10.5 Å². The minimum Gasteiger partial charge on any atom is -0.379 e. The van der Waals surface area contributed by atoms with Crippen molar-refractivity contribution in [2.24, 2.45) is 5.73 Å². The quantitative estimate of drug-likeness (QED) is 0.654. The van der Waals surface area contributed by atoms with E-state index in [2.05, 4.69) is 11.8 Å². The number of hydrogen-bond donors (Lipinski definition) is 1. The number of unbranched alkanes of at least 4 members (excludes halogenated alkanes) is 4. The van der Waals surface area contributed by atoms with Crippen LogP contribution in [0.25, 0.3) is 0 Å². The minimum atomic E-state index is 0.614. The lowest BCUT2D eigenvalue weighted by Crippen LogP contribution is -2.43. The second kappa shape index (κ2) is 8.08. The van der Waals surface area contributed by atoms with Gasteiger partial charge in [-0.1, -0.05) is 19.3 Å². The Morgan fingerprint density at radius 2 is 1.93 bits per heavy atom. The fraction of sp³-hybridized carbons (Fsp3) is 1.00. The van der Waals surface area contributed by atoms with E-state index < -0.39 is 0 Å². The van der Waals surface area contributed by atoms with Crippen molar-refractivity contribution in [2.45, 2.75) is 45.1 Å². The molecule has 0 saturated carbocycles. The molecule has 3 nitrogen and oxygen atoms in total. The lowest BCUT2D eigenvalue weighted by Gasteiger charge is -2.33. The molecule has 1 fully saturated rings.